The van der Waals surface area contributed by atoms with E-state index in [9.17, 15) is 18.0 Å². The Kier molecular flexibility index (Phi) is 7.78. The van der Waals surface area contributed by atoms with Gasteiger partial charge in [-0.2, -0.15) is 4.98 Å². The third-order valence-electron chi connectivity index (χ3n) is 4.66. The number of hydrogen-bond acceptors (Lipinski definition) is 8. The van der Waals surface area contributed by atoms with Gasteiger partial charge in [0, 0.05) is 13.1 Å². The lowest BCUT2D eigenvalue weighted by molar-refractivity contribution is -0.123. The molecular formula is C22H24N4O6S. The van der Waals surface area contributed by atoms with Gasteiger partial charge in [0.05, 0.1) is 4.90 Å². The van der Waals surface area contributed by atoms with Crippen molar-refractivity contribution in [1.29, 1.82) is 0 Å². The van der Waals surface area contributed by atoms with Gasteiger partial charge in [-0.3, -0.25) is 9.59 Å². The van der Waals surface area contributed by atoms with E-state index >= 15 is 0 Å². The first-order valence-electron chi connectivity index (χ1n) is 10.1. The van der Waals surface area contributed by atoms with Crippen molar-refractivity contribution in [2.24, 2.45) is 0 Å². The molecule has 3 rings (SSSR count). The van der Waals surface area contributed by atoms with Crippen molar-refractivity contribution in [2.45, 2.75) is 24.5 Å². The Hall–Kier alpha value is -3.73. The molecule has 0 saturated carbocycles. The number of rotatable bonds is 10. The predicted molar refractivity (Wildman–Crippen MR) is 118 cm³/mol. The number of aryl methyl sites for hydroxylation is 2. The molecule has 0 aliphatic carbocycles. The van der Waals surface area contributed by atoms with Gasteiger partial charge in [-0.05, 0) is 49.2 Å². The van der Waals surface area contributed by atoms with Crippen LogP contribution in [0.1, 0.15) is 27.6 Å². The molecule has 10 nitrogen and oxygen atoms in total. The maximum Gasteiger partial charge on any atom is 0.315 e. The number of amides is 2. The lowest BCUT2D eigenvalue weighted by Gasteiger charge is -2.09. The first kappa shape index (κ1) is 23.9. The Bertz CT molecular complexity index is 1220. The standard InChI is InChI=1S/C22H24N4O6S/c1-15-8-9-17(12-16(15)2)31-13-20(27)23-10-11-24-21(28)22-25-19(26-32-22)14-33(29,30)18-6-4-3-5-7-18/h3-9,12H,10-11,13-14H2,1-2H3,(H,23,27)(H,24,28). The summed E-state index contributed by atoms with van der Waals surface area (Å²) in [7, 11) is -3.66. The second kappa shape index (κ2) is 10.7. The highest BCUT2D eigenvalue weighted by atomic mass is 32.2. The first-order chi connectivity index (χ1) is 15.7. The van der Waals surface area contributed by atoms with E-state index in [1.165, 1.54) is 12.1 Å². The second-order valence-corrected chi connectivity index (χ2v) is 9.22. The highest BCUT2D eigenvalue weighted by Crippen LogP contribution is 2.16. The third kappa shape index (κ3) is 6.88. The molecule has 1 heterocycles. The lowest BCUT2D eigenvalue weighted by atomic mass is 10.1. The summed E-state index contributed by atoms with van der Waals surface area (Å²) in [4.78, 5) is 28.0. The lowest BCUT2D eigenvalue weighted by Crippen LogP contribution is -2.36. The Morgan fingerprint density at radius 1 is 1.00 bits per heavy atom. The maximum atomic E-state index is 12.4. The molecule has 0 spiro atoms. The summed E-state index contributed by atoms with van der Waals surface area (Å²) in [5.41, 5.74) is 2.20. The van der Waals surface area contributed by atoms with Gasteiger partial charge in [-0.1, -0.05) is 29.4 Å². The van der Waals surface area contributed by atoms with Crippen molar-refractivity contribution in [3.8, 4) is 5.75 Å². The van der Waals surface area contributed by atoms with E-state index in [-0.39, 0.29) is 42.2 Å². The van der Waals surface area contributed by atoms with Crippen molar-refractivity contribution in [2.75, 3.05) is 19.7 Å². The van der Waals surface area contributed by atoms with E-state index in [1.54, 1.807) is 24.3 Å². The van der Waals surface area contributed by atoms with Crippen LogP contribution in [0.4, 0.5) is 0 Å². The average Bonchev–Trinajstić information content (AvgIpc) is 3.26. The predicted octanol–water partition coefficient (Wildman–Crippen LogP) is 1.59. The highest BCUT2D eigenvalue weighted by molar-refractivity contribution is 7.90. The van der Waals surface area contributed by atoms with Crippen LogP contribution in [-0.4, -0.2) is 50.1 Å². The van der Waals surface area contributed by atoms with Crippen LogP contribution < -0.4 is 15.4 Å². The van der Waals surface area contributed by atoms with Crippen LogP contribution in [-0.2, 0) is 20.4 Å². The van der Waals surface area contributed by atoms with Gasteiger partial charge in [0.2, 0.25) is 0 Å². The molecule has 33 heavy (non-hydrogen) atoms. The van der Waals surface area contributed by atoms with Gasteiger partial charge in [0.1, 0.15) is 11.5 Å². The van der Waals surface area contributed by atoms with Gasteiger partial charge < -0.3 is 19.9 Å². The fourth-order valence-corrected chi connectivity index (χ4v) is 3.94. The Labute approximate surface area is 191 Å². The van der Waals surface area contributed by atoms with E-state index in [0.29, 0.717) is 5.75 Å². The number of hydrogen-bond donors (Lipinski definition) is 2. The fourth-order valence-electron chi connectivity index (χ4n) is 2.74. The van der Waals surface area contributed by atoms with Crippen molar-refractivity contribution in [1.82, 2.24) is 20.8 Å². The van der Waals surface area contributed by atoms with Crippen LogP contribution >= 0.6 is 0 Å². The normalized spacial score (nSPS) is 11.1. The number of nitrogens with one attached hydrogen (secondary N) is 2. The molecule has 2 amide bonds. The first-order valence-corrected chi connectivity index (χ1v) is 11.7. The molecule has 0 radical (unpaired) electrons. The Balaban J connectivity index is 1.40. The van der Waals surface area contributed by atoms with Crippen molar-refractivity contribution in [3.05, 3.63) is 71.4 Å². The van der Waals surface area contributed by atoms with Gasteiger partial charge in [0.15, 0.2) is 22.3 Å². The zero-order chi connectivity index (χ0) is 23.8. The van der Waals surface area contributed by atoms with Crippen LogP contribution in [0.15, 0.2) is 57.9 Å². The molecule has 0 fully saturated rings. The molecule has 1 aromatic heterocycles. The van der Waals surface area contributed by atoms with Gasteiger partial charge in [0.25, 0.3) is 5.91 Å². The number of carbonyl (C=O) groups is 2. The molecule has 0 aliphatic heterocycles. The van der Waals surface area contributed by atoms with Gasteiger partial charge in [-0.15, -0.1) is 0 Å². The van der Waals surface area contributed by atoms with E-state index < -0.39 is 21.5 Å². The summed E-state index contributed by atoms with van der Waals surface area (Å²) in [5, 5.41) is 8.68. The smallest absolute Gasteiger partial charge is 0.315 e. The number of sulfone groups is 1. The molecule has 0 saturated heterocycles. The molecule has 0 atom stereocenters. The Morgan fingerprint density at radius 2 is 1.73 bits per heavy atom. The van der Waals surface area contributed by atoms with Crippen LogP contribution in [0.25, 0.3) is 0 Å². The van der Waals surface area contributed by atoms with Gasteiger partial charge in [-0.25, -0.2) is 8.42 Å². The maximum absolute atomic E-state index is 12.4. The molecule has 11 heteroatoms. The van der Waals surface area contributed by atoms with Crippen molar-refractivity contribution >= 4 is 21.7 Å². The molecule has 174 valence electrons. The zero-order valence-electron chi connectivity index (χ0n) is 18.2. The molecule has 0 unspecified atom stereocenters. The van der Waals surface area contributed by atoms with Crippen LogP contribution in [0.2, 0.25) is 0 Å². The minimum atomic E-state index is -3.66. The molecule has 3 aromatic rings. The number of nitrogens with zero attached hydrogens (tertiary/aromatic N) is 2. The molecular weight excluding hydrogens is 448 g/mol. The number of ether oxygens (including phenoxy) is 1. The third-order valence-corrected chi connectivity index (χ3v) is 6.29. The molecule has 2 N–H and O–H groups in total. The molecule has 0 aliphatic rings. The SMILES string of the molecule is Cc1ccc(OCC(=O)NCCNC(=O)c2nc(CS(=O)(=O)c3ccccc3)no2)cc1C. The number of benzene rings is 2. The Morgan fingerprint density at radius 3 is 2.45 bits per heavy atom. The summed E-state index contributed by atoms with van der Waals surface area (Å²) in [5.74, 6) is -1.40. The zero-order valence-corrected chi connectivity index (χ0v) is 19.0. The van der Waals surface area contributed by atoms with Crippen LogP contribution in [0, 0.1) is 13.8 Å². The second-order valence-electron chi connectivity index (χ2n) is 7.23. The number of aromatic nitrogens is 2. The van der Waals surface area contributed by atoms with Gasteiger partial charge >= 0.3 is 11.8 Å². The van der Waals surface area contributed by atoms with E-state index in [4.69, 9.17) is 9.26 Å². The average molecular weight is 473 g/mol. The van der Waals surface area contributed by atoms with Crippen molar-refractivity contribution in [3.63, 3.8) is 0 Å². The fraction of sp³-hybridized carbons (Fsp3) is 0.273. The molecule has 0 bridgehead atoms. The van der Waals surface area contributed by atoms with E-state index in [1.807, 2.05) is 26.0 Å². The summed E-state index contributed by atoms with van der Waals surface area (Å²) in [6.45, 7) is 4.05. The van der Waals surface area contributed by atoms with Crippen LogP contribution in [0.5, 0.6) is 5.75 Å². The summed E-state index contributed by atoms with van der Waals surface area (Å²) >= 11 is 0. The molecule has 2 aromatic carbocycles. The minimum absolute atomic E-state index is 0.105. The largest absolute Gasteiger partial charge is 0.484 e. The monoisotopic (exact) mass is 472 g/mol. The summed E-state index contributed by atoms with van der Waals surface area (Å²) in [6.07, 6.45) is 0. The number of carbonyl (C=O) groups excluding carboxylic acids is 2. The van der Waals surface area contributed by atoms with E-state index in [0.717, 1.165) is 11.1 Å². The topological polar surface area (TPSA) is 140 Å². The highest BCUT2D eigenvalue weighted by Gasteiger charge is 2.21. The summed E-state index contributed by atoms with van der Waals surface area (Å²) in [6, 6.07) is 13.4. The van der Waals surface area contributed by atoms with E-state index in [2.05, 4.69) is 20.8 Å². The quantitative estimate of drug-likeness (QED) is 0.424. The van der Waals surface area contributed by atoms with Crippen molar-refractivity contribution < 1.29 is 27.3 Å². The minimum Gasteiger partial charge on any atom is -0.484 e. The van der Waals surface area contributed by atoms with Crippen LogP contribution in [0.3, 0.4) is 0 Å². The summed E-state index contributed by atoms with van der Waals surface area (Å²) < 4.78 is 35.0.